The highest BCUT2D eigenvalue weighted by Crippen LogP contribution is 2.19. The van der Waals surface area contributed by atoms with Gasteiger partial charge in [-0.3, -0.25) is 9.48 Å². The maximum Gasteiger partial charge on any atom is 0.291 e. The van der Waals surface area contributed by atoms with Crippen LogP contribution in [0.3, 0.4) is 0 Å². The van der Waals surface area contributed by atoms with Gasteiger partial charge in [0, 0.05) is 24.7 Å². The van der Waals surface area contributed by atoms with Crippen molar-refractivity contribution < 1.29 is 13.7 Å². The lowest BCUT2D eigenvalue weighted by Crippen LogP contribution is -2.18. The number of aromatic nitrogens is 3. The number of amides is 1. The topological polar surface area (TPSA) is 89.3 Å². The van der Waals surface area contributed by atoms with Crippen LogP contribution < -0.4 is 5.32 Å². The molecule has 0 bridgehead atoms. The van der Waals surface area contributed by atoms with Crippen LogP contribution >= 0.6 is 0 Å². The van der Waals surface area contributed by atoms with E-state index >= 15 is 0 Å². The largest absolute Gasteiger partial charge is 0.456 e. The number of hydrogen-bond donors (Lipinski definition) is 1. The van der Waals surface area contributed by atoms with Crippen LogP contribution in [0, 0.1) is 13.8 Å². The van der Waals surface area contributed by atoms with E-state index in [1.54, 1.807) is 29.2 Å². The lowest BCUT2D eigenvalue weighted by molar-refractivity contribution is 0.0995. The fraction of sp³-hybridized carbons (Fsp3) is 0.389. The monoisotopic (exact) mass is 357 g/mol. The van der Waals surface area contributed by atoms with Crippen LogP contribution in [0.1, 0.15) is 33.3 Å². The highest BCUT2D eigenvalue weighted by Gasteiger charge is 2.16. The van der Waals surface area contributed by atoms with Crippen LogP contribution in [0.2, 0.25) is 0 Å². The van der Waals surface area contributed by atoms with Crippen LogP contribution in [0.15, 0.2) is 33.5 Å². The zero-order chi connectivity index (χ0) is 18.7. The summed E-state index contributed by atoms with van der Waals surface area (Å²) in [6.45, 7) is 5.37. The Balaban J connectivity index is 1.61. The average molecular weight is 357 g/mol. The molecule has 3 heterocycles. The molecule has 3 aromatic rings. The van der Waals surface area contributed by atoms with Gasteiger partial charge in [0.1, 0.15) is 11.5 Å². The normalized spacial score (nSPS) is 11.3. The quantitative estimate of drug-likeness (QED) is 0.699. The second-order valence-electron chi connectivity index (χ2n) is 6.49. The number of nitrogens with zero attached hydrogens (tertiary/aromatic N) is 4. The Morgan fingerprint density at radius 1 is 1.31 bits per heavy atom. The van der Waals surface area contributed by atoms with Crippen LogP contribution in [0.25, 0.3) is 0 Å². The number of nitrogens with one attached hydrogen (secondary N) is 1. The highest BCUT2D eigenvalue weighted by molar-refractivity contribution is 6.02. The molecule has 1 N–H and O–H groups in total. The number of rotatable bonds is 7. The van der Waals surface area contributed by atoms with Gasteiger partial charge in [0.05, 0.1) is 24.1 Å². The molecule has 0 aliphatic rings. The van der Waals surface area contributed by atoms with Gasteiger partial charge in [-0.1, -0.05) is 5.16 Å². The van der Waals surface area contributed by atoms with Crippen molar-refractivity contribution in [3.63, 3.8) is 0 Å². The Morgan fingerprint density at radius 2 is 2.12 bits per heavy atom. The van der Waals surface area contributed by atoms with Crippen molar-refractivity contribution in [1.82, 2.24) is 19.8 Å². The molecule has 1 amide bonds. The molecular formula is C18H23N5O3. The Kier molecular flexibility index (Phi) is 5.22. The second-order valence-corrected chi connectivity index (χ2v) is 6.49. The Hall–Kier alpha value is -2.87. The lowest BCUT2D eigenvalue weighted by Gasteiger charge is -2.08. The van der Waals surface area contributed by atoms with E-state index in [4.69, 9.17) is 8.94 Å². The van der Waals surface area contributed by atoms with Gasteiger partial charge >= 0.3 is 0 Å². The molecule has 0 saturated heterocycles. The van der Waals surface area contributed by atoms with Gasteiger partial charge in [-0.2, -0.15) is 5.10 Å². The van der Waals surface area contributed by atoms with Gasteiger partial charge in [-0.05, 0) is 40.1 Å². The SMILES string of the molecule is Cc1noc(C)c1Cc1ccc(C(=O)Nc2cnn(CCN(C)C)c2)o1. The van der Waals surface area contributed by atoms with Crippen molar-refractivity contribution in [2.24, 2.45) is 0 Å². The molecule has 0 spiro atoms. The molecule has 0 aliphatic heterocycles. The van der Waals surface area contributed by atoms with Gasteiger partial charge in [-0.25, -0.2) is 0 Å². The molecule has 3 rings (SSSR count). The van der Waals surface area contributed by atoms with E-state index in [9.17, 15) is 4.79 Å². The van der Waals surface area contributed by atoms with E-state index in [0.717, 1.165) is 30.1 Å². The Morgan fingerprint density at radius 3 is 2.81 bits per heavy atom. The lowest BCUT2D eigenvalue weighted by atomic mass is 10.1. The zero-order valence-corrected chi connectivity index (χ0v) is 15.4. The van der Waals surface area contributed by atoms with Crippen molar-refractivity contribution in [2.45, 2.75) is 26.8 Å². The van der Waals surface area contributed by atoms with E-state index in [-0.39, 0.29) is 11.7 Å². The minimum absolute atomic E-state index is 0.257. The van der Waals surface area contributed by atoms with E-state index in [2.05, 4.69) is 20.5 Å². The predicted octanol–water partition coefficient (Wildman–Crippen LogP) is 2.49. The molecule has 8 nitrogen and oxygen atoms in total. The molecule has 0 aromatic carbocycles. The molecule has 0 atom stereocenters. The molecule has 3 aromatic heterocycles. The first-order chi connectivity index (χ1) is 12.4. The summed E-state index contributed by atoms with van der Waals surface area (Å²) in [6, 6.07) is 3.46. The third-order valence-corrected chi connectivity index (χ3v) is 4.09. The molecule has 0 aliphatic carbocycles. The number of carbonyl (C=O) groups excluding carboxylic acids is 1. The van der Waals surface area contributed by atoms with Crippen molar-refractivity contribution in [2.75, 3.05) is 26.0 Å². The van der Waals surface area contributed by atoms with Gasteiger partial charge in [0.2, 0.25) is 0 Å². The van der Waals surface area contributed by atoms with Crippen LogP contribution in [-0.2, 0) is 13.0 Å². The Bertz CT molecular complexity index is 871. The van der Waals surface area contributed by atoms with E-state index in [1.807, 2.05) is 27.9 Å². The summed E-state index contributed by atoms with van der Waals surface area (Å²) >= 11 is 0. The number of aryl methyl sites for hydroxylation is 2. The molecule has 138 valence electrons. The van der Waals surface area contributed by atoms with Gasteiger partial charge in [0.25, 0.3) is 5.91 Å². The van der Waals surface area contributed by atoms with Crippen molar-refractivity contribution in [1.29, 1.82) is 0 Å². The van der Waals surface area contributed by atoms with Gasteiger partial charge in [0.15, 0.2) is 5.76 Å². The summed E-state index contributed by atoms with van der Waals surface area (Å²) in [4.78, 5) is 14.4. The van der Waals surface area contributed by atoms with Crippen LogP contribution in [0.4, 0.5) is 5.69 Å². The summed E-state index contributed by atoms with van der Waals surface area (Å²) in [5.74, 6) is 1.40. The standard InChI is InChI=1S/C18H23N5O3/c1-12-16(13(2)26-21-12)9-15-5-6-17(25-15)18(24)20-14-10-19-23(11-14)8-7-22(3)4/h5-6,10-11H,7-9H2,1-4H3,(H,20,24). The summed E-state index contributed by atoms with van der Waals surface area (Å²) in [5, 5.41) is 11.0. The fourth-order valence-corrected chi connectivity index (χ4v) is 2.57. The first-order valence-corrected chi connectivity index (χ1v) is 8.41. The smallest absolute Gasteiger partial charge is 0.291 e. The first kappa shape index (κ1) is 17.9. The summed E-state index contributed by atoms with van der Waals surface area (Å²) in [7, 11) is 4.01. The number of furan rings is 1. The van der Waals surface area contributed by atoms with Crippen molar-refractivity contribution >= 4 is 11.6 Å². The minimum Gasteiger partial charge on any atom is -0.456 e. The zero-order valence-electron chi connectivity index (χ0n) is 15.4. The van der Waals surface area contributed by atoms with E-state index < -0.39 is 0 Å². The maximum atomic E-state index is 12.4. The molecule has 0 radical (unpaired) electrons. The molecular weight excluding hydrogens is 334 g/mol. The van der Waals surface area contributed by atoms with Crippen molar-refractivity contribution in [3.8, 4) is 0 Å². The average Bonchev–Trinajstić information content (AvgIpc) is 3.30. The van der Waals surface area contributed by atoms with Crippen LogP contribution in [-0.4, -0.2) is 46.4 Å². The number of hydrogen-bond acceptors (Lipinski definition) is 6. The number of anilines is 1. The number of likely N-dealkylation sites (N-methyl/N-ethyl adjacent to an activating group) is 1. The number of carbonyl (C=O) groups is 1. The molecule has 0 saturated carbocycles. The highest BCUT2D eigenvalue weighted by atomic mass is 16.5. The molecule has 0 fully saturated rings. The van der Waals surface area contributed by atoms with Crippen molar-refractivity contribution in [3.05, 3.63) is 53.1 Å². The van der Waals surface area contributed by atoms with Gasteiger partial charge in [-0.15, -0.1) is 0 Å². The molecule has 26 heavy (non-hydrogen) atoms. The van der Waals surface area contributed by atoms with E-state index in [0.29, 0.717) is 17.9 Å². The third-order valence-electron chi connectivity index (χ3n) is 4.09. The summed E-state index contributed by atoms with van der Waals surface area (Å²) in [5.41, 5.74) is 2.45. The summed E-state index contributed by atoms with van der Waals surface area (Å²) in [6.07, 6.45) is 3.97. The van der Waals surface area contributed by atoms with E-state index in [1.165, 1.54) is 0 Å². The summed E-state index contributed by atoms with van der Waals surface area (Å²) < 4.78 is 12.6. The predicted molar refractivity (Wildman–Crippen MR) is 96.2 cm³/mol. The second kappa shape index (κ2) is 7.57. The minimum atomic E-state index is -0.304. The molecule has 0 unspecified atom stereocenters. The maximum absolute atomic E-state index is 12.4. The van der Waals surface area contributed by atoms with Gasteiger partial charge < -0.3 is 19.2 Å². The fourth-order valence-electron chi connectivity index (χ4n) is 2.57. The first-order valence-electron chi connectivity index (χ1n) is 8.41. The third kappa shape index (κ3) is 4.20. The molecule has 8 heteroatoms. The van der Waals surface area contributed by atoms with Crippen LogP contribution in [0.5, 0.6) is 0 Å². The Labute approximate surface area is 151 Å².